The Morgan fingerprint density at radius 1 is 1.90 bits per heavy atom. The molecule has 0 fully saturated rings. The van der Waals surface area contributed by atoms with E-state index in [-0.39, 0.29) is 6.61 Å². The van der Waals surface area contributed by atoms with Crippen LogP contribution in [0.25, 0.3) is 0 Å². The van der Waals surface area contributed by atoms with Gasteiger partial charge in [-0.15, -0.1) is 0 Å². The van der Waals surface area contributed by atoms with Gasteiger partial charge in [0, 0.05) is 0 Å². The number of nitrogens with zero attached hydrogens (tertiary/aromatic N) is 2. The first-order valence-corrected chi connectivity index (χ1v) is 4.40. The maximum atomic E-state index is 10.0. The zero-order chi connectivity index (χ0) is 7.40. The van der Waals surface area contributed by atoms with Gasteiger partial charge in [0.25, 0.3) is 0 Å². The summed E-state index contributed by atoms with van der Waals surface area (Å²) in [5.74, 6) is 0. The maximum absolute atomic E-state index is 10.0. The molecule has 1 unspecified atom stereocenters. The van der Waals surface area contributed by atoms with Gasteiger partial charge in [-0.1, -0.05) is 0 Å². The summed E-state index contributed by atoms with van der Waals surface area (Å²) in [6.45, 7) is 0.0603. The van der Waals surface area contributed by atoms with Crippen LogP contribution in [0.1, 0.15) is 5.69 Å². The van der Waals surface area contributed by atoms with Crippen LogP contribution in [0.5, 0.6) is 0 Å². The quantitative estimate of drug-likeness (QED) is 0.683. The van der Waals surface area contributed by atoms with Crippen molar-refractivity contribution >= 4 is 20.0 Å². The van der Waals surface area contributed by atoms with Gasteiger partial charge in [0.1, 0.15) is 12.3 Å². The lowest BCUT2D eigenvalue weighted by Gasteiger charge is -1.92. The summed E-state index contributed by atoms with van der Waals surface area (Å²) >= 11 is 1.04. The van der Waals surface area contributed by atoms with E-state index in [4.69, 9.17) is 4.89 Å². The molecule has 0 aliphatic rings. The van der Waals surface area contributed by atoms with Gasteiger partial charge in [0.15, 0.2) is 0 Å². The third kappa shape index (κ3) is 2.53. The Labute approximate surface area is 61.9 Å². The van der Waals surface area contributed by atoms with Crippen LogP contribution in [0.2, 0.25) is 0 Å². The summed E-state index contributed by atoms with van der Waals surface area (Å²) in [6, 6.07) is 0. The van der Waals surface area contributed by atoms with Crippen LogP contribution in [0.15, 0.2) is 6.20 Å². The number of rotatable bonds is 3. The highest BCUT2D eigenvalue weighted by atomic mass is 32.1. The molecule has 1 aromatic heterocycles. The highest BCUT2D eigenvalue weighted by molar-refractivity contribution is 7.32. The molecular weight excluding hydrogens is 175 g/mol. The number of aromatic nitrogens is 2. The molecule has 56 valence electrons. The minimum atomic E-state index is -2.82. The molecule has 1 heterocycles. The van der Waals surface area contributed by atoms with Gasteiger partial charge in [-0.05, 0) is 0 Å². The van der Waals surface area contributed by atoms with Crippen molar-refractivity contribution in [2.24, 2.45) is 0 Å². The topological polar surface area (TPSA) is 72.3 Å². The number of hydrogen-bond donors (Lipinski definition) is 1. The molecule has 0 amide bonds. The Balaban J connectivity index is 2.35. The van der Waals surface area contributed by atoms with E-state index in [1.54, 1.807) is 0 Å². The van der Waals surface area contributed by atoms with Gasteiger partial charge >= 0.3 is 8.25 Å². The fourth-order valence-electron chi connectivity index (χ4n) is 0.383. The second-order valence-electron chi connectivity index (χ2n) is 1.45. The lowest BCUT2D eigenvalue weighted by Crippen LogP contribution is -1.83. The van der Waals surface area contributed by atoms with E-state index in [0.29, 0.717) is 5.69 Å². The Morgan fingerprint density at radius 3 is 3.20 bits per heavy atom. The van der Waals surface area contributed by atoms with Crippen molar-refractivity contribution in [3.63, 3.8) is 0 Å². The van der Waals surface area contributed by atoms with E-state index < -0.39 is 8.25 Å². The summed E-state index contributed by atoms with van der Waals surface area (Å²) in [6.07, 6.45) is 1.50. The highest BCUT2D eigenvalue weighted by Gasteiger charge is 1.97. The van der Waals surface area contributed by atoms with Gasteiger partial charge in [-0.3, -0.25) is 4.57 Å². The van der Waals surface area contributed by atoms with E-state index in [2.05, 4.69) is 13.3 Å². The first kappa shape index (κ1) is 7.81. The van der Waals surface area contributed by atoms with Crippen LogP contribution in [0, 0.1) is 0 Å². The molecule has 0 radical (unpaired) electrons. The Bertz CT molecular complexity index is 214. The highest BCUT2D eigenvalue weighted by Crippen LogP contribution is 2.16. The fraction of sp³-hybridized carbons (Fsp3) is 0.333. The van der Waals surface area contributed by atoms with Crippen LogP contribution in [-0.4, -0.2) is 13.6 Å². The van der Waals surface area contributed by atoms with Gasteiger partial charge in [-0.2, -0.15) is 8.75 Å². The summed E-state index contributed by atoms with van der Waals surface area (Å²) in [4.78, 5) is 8.23. The molecule has 1 atom stereocenters. The predicted molar refractivity (Wildman–Crippen MR) is 35.9 cm³/mol. The van der Waals surface area contributed by atoms with Crippen molar-refractivity contribution in [2.45, 2.75) is 6.61 Å². The predicted octanol–water partition coefficient (Wildman–Crippen LogP) is 0.437. The first-order chi connectivity index (χ1) is 4.79. The van der Waals surface area contributed by atoms with Crippen molar-refractivity contribution < 1.29 is 14.0 Å². The van der Waals surface area contributed by atoms with E-state index in [1.807, 2.05) is 0 Å². The number of hydrogen-bond acceptors (Lipinski definition) is 5. The molecule has 10 heavy (non-hydrogen) atoms. The monoisotopic (exact) mass is 180 g/mol. The molecule has 0 saturated carbocycles. The van der Waals surface area contributed by atoms with Gasteiger partial charge in [-0.25, -0.2) is 0 Å². The Kier molecular flexibility index (Phi) is 2.95. The van der Waals surface area contributed by atoms with Gasteiger partial charge in [0.05, 0.1) is 17.9 Å². The lowest BCUT2D eigenvalue weighted by atomic mass is 10.5. The smallest absolute Gasteiger partial charge is 0.316 e. The average molecular weight is 180 g/mol. The molecule has 1 aromatic rings. The average Bonchev–Trinajstić information content (AvgIpc) is 2.34. The second-order valence-corrected chi connectivity index (χ2v) is 2.83. The molecule has 0 spiro atoms. The van der Waals surface area contributed by atoms with Crippen molar-refractivity contribution in [1.82, 2.24) is 8.75 Å². The van der Waals surface area contributed by atoms with E-state index in [1.165, 1.54) is 6.20 Å². The molecule has 0 aliphatic heterocycles. The zero-order valence-electron chi connectivity index (χ0n) is 4.85. The molecule has 0 saturated heterocycles. The van der Waals surface area contributed by atoms with E-state index in [9.17, 15) is 4.57 Å². The molecule has 5 nitrogen and oxygen atoms in total. The summed E-state index contributed by atoms with van der Waals surface area (Å²) in [5, 5.41) is 0. The lowest BCUT2D eigenvalue weighted by molar-refractivity contribution is 0.269. The molecule has 0 aromatic carbocycles. The molecule has 0 bridgehead atoms. The van der Waals surface area contributed by atoms with Gasteiger partial charge in [0.2, 0.25) is 0 Å². The van der Waals surface area contributed by atoms with Crippen molar-refractivity contribution in [2.75, 3.05) is 0 Å². The van der Waals surface area contributed by atoms with E-state index in [0.717, 1.165) is 11.7 Å². The van der Waals surface area contributed by atoms with Crippen LogP contribution in [0.4, 0.5) is 0 Å². The van der Waals surface area contributed by atoms with Crippen molar-refractivity contribution in [3.05, 3.63) is 11.9 Å². The third-order valence-electron chi connectivity index (χ3n) is 0.750. The molecule has 1 rings (SSSR count). The third-order valence-corrected chi connectivity index (χ3v) is 1.66. The first-order valence-electron chi connectivity index (χ1n) is 2.41. The van der Waals surface area contributed by atoms with Crippen molar-refractivity contribution in [3.8, 4) is 0 Å². The van der Waals surface area contributed by atoms with Gasteiger partial charge < -0.3 is 9.42 Å². The molecular formula is C3H5N2O3PS. The minimum Gasteiger partial charge on any atom is -0.326 e. The molecule has 1 N–H and O–H groups in total. The second kappa shape index (κ2) is 3.78. The fourth-order valence-corrected chi connectivity index (χ4v) is 1.08. The largest absolute Gasteiger partial charge is 0.326 e. The summed E-state index contributed by atoms with van der Waals surface area (Å²) in [7, 11) is -2.82. The van der Waals surface area contributed by atoms with E-state index >= 15 is 0 Å². The Morgan fingerprint density at radius 2 is 2.70 bits per heavy atom. The SMILES string of the molecule is O=[PH](O)OCc1cnsn1. The normalized spacial score (nSPS) is 13.3. The summed E-state index contributed by atoms with van der Waals surface area (Å²) in [5.41, 5.74) is 0.581. The standard InChI is InChI=1S/C3H5N2O3PS/c6-9(7)8-2-3-1-4-10-5-3/h1,9H,2H2,(H,6,7). The van der Waals surface area contributed by atoms with Crippen LogP contribution in [-0.2, 0) is 15.7 Å². The zero-order valence-corrected chi connectivity index (χ0v) is 6.67. The minimum absolute atomic E-state index is 0.0603. The molecule has 7 heteroatoms. The van der Waals surface area contributed by atoms with Crippen LogP contribution in [0.3, 0.4) is 0 Å². The summed E-state index contributed by atoms with van der Waals surface area (Å²) < 4.78 is 21.8. The van der Waals surface area contributed by atoms with Crippen LogP contribution >= 0.6 is 20.0 Å². The molecule has 0 aliphatic carbocycles. The van der Waals surface area contributed by atoms with Crippen LogP contribution < -0.4 is 0 Å². The maximum Gasteiger partial charge on any atom is 0.316 e. The van der Waals surface area contributed by atoms with Crippen molar-refractivity contribution in [1.29, 1.82) is 0 Å². The Hall–Kier alpha value is -0.290.